The van der Waals surface area contributed by atoms with Crippen LogP contribution >= 0.6 is 15.9 Å². The fourth-order valence-corrected chi connectivity index (χ4v) is 3.05. The zero-order valence-electron chi connectivity index (χ0n) is 17.6. The molecule has 2 aromatic carbocycles. The molecule has 0 spiro atoms. The van der Waals surface area contributed by atoms with Crippen molar-refractivity contribution in [1.82, 2.24) is 10.7 Å². The summed E-state index contributed by atoms with van der Waals surface area (Å²) in [5, 5.41) is 9.00. The van der Waals surface area contributed by atoms with Gasteiger partial charge < -0.3 is 19.8 Å². The molecule has 0 radical (unpaired) electrons. The van der Waals surface area contributed by atoms with Gasteiger partial charge in [0.2, 0.25) is 0 Å². The minimum absolute atomic E-state index is 0.228. The van der Waals surface area contributed by atoms with Crippen LogP contribution in [-0.2, 0) is 20.9 Å². The molecule has 3 aromatic rings. The molecule has 33 heavy (non-hydrogen) atoms. The molecule has 0 atom stereocenters. The molecule has 0 aliphatic rings. The standard InChI is InChI=1S/C23H21BrN4O5/c1-15-4-2-5-18(10-15)27-22(30)23(31)28-26-12-16-11-17(24)7-8-20(16)33-14-21(29)25-13-19-6-3-9-32-19/h2-12H,13-14H2,1H3,(H,25,29)(H,27,30)(H,28,31)/b26-12-. The number of carbonyl (C=O) groups excluding carboxylic acids is 3. The van der Waals surface area contributed by atoms with Crippen molar-refractivity contribution in [2.24, 2.45) is 5.10 Å². The number of anilines is 1. The van der Waals surface area contributed by atoms with Crippen LogP contribution in [0, 0.1) is 6.92 Å². The number of benzene rings is 2. The predicted molar refractivity (Wildman–Crippen MR) is 126 cm³/mol. The van der Waals surface area contributed by atoms with Crippen molar-refractivity contribution in [3.8, 4) is 5.75 Å². The number of carbonyl (C=O) groups is 3. The van der Waals surface area contributed by atoms with Crippen LogP contribution in [0.2, 0.25) is 0 Å². The van der Waals surface area contributed by atoms with Crippen LogP contribution in [0.4, 0.5) is 5.69 Å². The van der Waals surface area contributed by atoms with Crippen molar-refractivity contribution in [2.45, 2.75) is 13.5 Å². The monoisotopic (exact) mass is 512 g/mol. The summed E-state index contributed by atoms with van der Waals surface area (Å²) < 4.78 is 11.5. The van der Waals surface area contributed by atoms with E-state index in [1.807, 2.05) is 13.0 Å². The number of hydrogen-bond donors (Lipinski definition) is 3. The minimum Gasteiger partial charge on any atom is -0.483 e. The number of hydrogen-bond acceptors (Lipinski definition) is 6. The van der Waals surface area contributed by atoms with E-state index in [0.717, 1.165) is 10.0 Å². The first-order valence-corrected chi connectivity index (χ1v) is 10.6. The summed E-state index contributed by atoms with van der Waals surface area (Å²) in [6, 6.07) is 15.6. The van der Waals surface area contributed by atoms with Crippen LogP contribution in [0.1, 0.15) is 16.9 Å². The summed E-state index contributed by atoms with van der Waals surface area (Å²) in [6.45, 7) is 1.90. The smallest absolute Gasteiger partial charge is 0.329 e. The van der Waals surface area contributed by atoms with E-state index in [4.69, 9.17) is 9.15 Å². The van der Waals surface area contributed by atoms with Crippen LogP contribution in [0.5, 0.6) is 5.75 Å². The number of nitrogens with zero attached hydrogens (tertiary/aromatic N) is 1. The molecule has 0 aliphatic heterocycles. The summed E-state index contributed by atoms with van der Waals surface area (Å²) in [7, 11) is 0. The lowest BCUT2D eigenvalue weighted by molar-refractivity contribution is -0.136. The molecular formula is C23H21BrN4O5. The summed E-state index contributed by atoms with van der Waals surface area (Å²) in [4.78, 5) is 36.1. The third-order valence-electron chi connectivity index (χ3n) is 4.22. The van der Waals surface area contributed by atoms with Gasteiger partial charge in [0, 0.05) is 15.7 Å². The molecule has 0 fully saturated rings. The van der Waals surface area contributed by atoms with Crippen molar-refractivity contribution in [2.75, 3.05) is 11.9 Å². The van der Waals surface area contributed by atoms with Crippen LogP contribution in [0.3, 0.4) is 0 Å². The number of aryl methyl sites for hydroxylation is 1. The van der Waals surface area contributed by atoms with Crippen molar-refractivity contribution in [3.63, 3.8) is 0 Å². The number of ether oxygens (including phenoxy) is 1. The lowest BCUT2D eigenvalue weighted by Gasteiger charge is -2.10. The Morgan fingerprint density at radius 1 is 1.09 bits per heavy atom. The first-order valence-electron chi connectivity index (χ1n) is 9.83. The van der Waals surface area contributed by atoms with Crippen molar-refractivity contribution < 1.29 is 23.5 Å². The normalized spacial score (nSPS) is 10.6. The molecule has 170 valence electrons. The zero-order valence-corrected chi connectivity index (χ0v) is 19.2. The molecule has 0 saturated heterocycles. The molecule has 1 aromatic heterocycles. The fourth-order valence-electron chi connectivity index (χ4n) is 2.67. The summed E-state index contributed by atoms with van der Waals surface area (Å²) in [5.74, 6) is -1.12. The first kappa shape index (κ1) is 23.7. The fraction of sp³-hybridized carbons (Fsp3) is 0.130. The highest BCUT2D eigenvalue weighted by Gasteiger charge is 2.13. The molecule has 0 saturated carbocycles. The van der Waals surface area contributed by atoms with E-state index in [1.165, 1.54) is 12.5 Å². The number of nitrogens with one attached hydrogen (secondary N) is 3. The van der Waals surface area contributed by atoms with Gasteiger partial charge in [-0.3, -0.25) is 14.4 Å². The summed E-state index contributed by atoms with van der Waals surface area (Å²) in [6.07, 6.45) is 2.84. The van der Waals surface area contributed by atoms with Gasteiger partial charge in [-0.15, -0.1) is 0 Å². The second kappa shape index (κ2) is 11.6. The summed E-state index contributed by atoms with van der Waals surface area (Å²) in [5.41, 5.74) is 4.11. The molecule has 9 nitrogen and oxygen atoms in total. The number of amides is 3. The maximum Gasteiger partial charge on any atom is 0.329 e. The molecule has 3 amide bonds. The van der Waals surface area contributed by atoms with E-state index in [-0.39, 0.29) is 19.1 Å². The highest BCUT2D eigenvalue weighted by Crippen LogP contribution is 2.21. The van der Waals surface area contributed by atoms with Gasteiger partial charge in [0.15, 0.2) is 6.61 Å². The Bertz CT molecular complexity index is 1160. The number of furan rings is 1. The van der Waals surface area contributed by atoms with Crippen LogP contribution < -0.4 is 20.8 Å². The molecular weight excluding hydrogens is 492 g/mol. The average Bonchev–Trinajstić information content (AvgIpc) is 3.31. The Morgan fingerprint density at radius 2 is 1.94 bits per heavy atom. The number of hydrazone groups is 1. The Hall–Kier alpha value is -3.92. The number of halogens is 1. The van der Waals surface area contributed by atoms with Gasteiger partial charge in [0.1, 0.15) is 11.5 Å². The quantitative estimate of drug-likeness (QED) is 0.243. The van der Waals surface area contributed by atoms with E-state index in [2.05, 4.69) is 37.1 Å². The minimum atomic E-state index is -0.928. The molecule has 0 bridgehead atoms. The van der Waals surface area contributed by atoms with E-state index < -0.39 is 11.8 Å². The van der Waals surface area contributed by atoms with Crippen LogP contribution in [0.15, 0.2) is 74.9 Å². The molecule has 3 N–H and O–H groups in total. The third-order valence-corrected chi connectivity index (χ3v) is 4.72. The van der Waals surface area contributed by atoms with Crippen LogP contribution in [0.25, 0.3) is 0 Å². The van der Waals surface area contributed by atoms with Gasteiger partial charge in [-0.05, 0) is 55.0 Å². The van der Waals surface area contributed by atoms with Crippen molar-refractivity contribution >= 4 is 45.6 Å². The van der Waals surface area contributed by atoms with Gasteiger partial charge >= 0.3 is 11.8 Å². The van der Waals surface area contributed by atoms with E-state index in [1.54, 1.807) is 48.5 Å². The van der Waals surface area contributed by atoms with Crippen LogP contribution in [-0.4, -0.2) is 30.5 Å². The third kappa shape index (κ3) is 7.62. The summed E-state index contributed by atoms with van der Waals surface area (Å²) >= 11 is 3.35. The lowest BCUT2D eigenvalue weighted by atomic mass is 10.2. The topological polar surface area (TPSA) is 122 Å². The second-order valence-corrected chi connectivity index (χ2v) is 7.77. The van der Waals surface area contributed by atoms with E-state index in [9.17, 15) is 14.4 Å². The predicted octanol–water partition coefficient (Wildman–Crippen LogP) is 3.13. The second-order valence-electron chi connectivity index (χ2n) is 6.85. The van der Waals surface area contributed by atoms with Gasteiger partial charge in [-0.2, -0.15) is 5.10 Å². The average molecular weight is 513 g/mol. The maximum atomic E-state index is 12.0. The Labute approximate surface area is 198 Å². The highest BCUT2D eigenvalue weighted by molar-refractivity contribution is 9.10. The van der Waals surface area contributed by atoms with Gasteiger partial charge in [-0.1, -0.05) is 28.1 Å². The Morgan fingerprint density at radius 3 is 2.70 bits per heavy atom. The van der Waals surface area contributed by atoms with Gasteiger partial charge in [0.25, 0.3) is 5.91 Å². The lowest BCUT2D eigenvalue weighted by Crippen LogP contribution is -2.32. The highest BCUT2D eigenvalue weighted by atomic mass is 79.9. The Kier molecular flexibility index (Phi) is 8.36. The van der Waals surface area contributed by atoms with E-state index >= 15 is 0 Å². The SMILES string of the molecule is Cc1cccc(NC(=O)C(=O)N/N=C\c2cc(Br)ccc2OCC(=O)NCc2ccco2)c1. The Balaban J connectivity index is 1.54. The van der Waals surface area contributed by atoms with Gasteiger partial charge in [-0.25, -0.2) is 5.43 Å². The first-order chi connectivity index (χ1) is 15.9. The van der Waals surface area contributed by atoms with Crippen molar-refractivity contribution in [1.29, 1.82) is 0 Å². The maximum absolute atomic E-state index is 12.0. The van der Waals surface area contributed by atoms with Crippen molar-refractivity contribution in [3.05, 3.63) is 82.2 Å². The molecule has 1 heterocycles. The molecule has 3 rings (SSSR count). The molecule has 0 unspecified atom stereocenters. The van der Waals surface area contributed by atoms with E-state index in [0.29, 0.717) is 22.8 Å². The zero-order chi connectivity index (χ0) is 23.6. The molecule has 0 aliphatic carbocycles. The molecule has 10 heteroatoms. The number of rotatable bonds is 8. The van der Waals surface area contributed by atoms with Gasteiger partial charge in [0.05, 0.1) is 19.0 Å². The largest absolute Gasteiger partial charge is 0.483 e.